The van der Waals surface area contributed by atoms with E-state index in [2.05, 4.69) is 9.97 Å². The van der Waals surface area contributed by atoms with Crippen molar-refractivity contribution >= 4 is 11.4 Å². The minimum absolute atomic E-state index is 0.118. The molecule has 0 fully saturated rings. The molecule has 0 aliphatic carbocycles. The number of rotatable bonds is 6. The monoisotopic (exact) mass is 432 g/mol. The van der Waals surface area contributed by atoms with Crippen LogP contribution in [0, 0.1) is 20.2 Å². The molecule has 3 aromatic carbocycles. The Bertz CT molecular complexity index is 1330. The van der Waals surface area contributed by atoms with Gasteiger partial charge in [0.15, 0.2) is 0 Å². The first kappa shape index (κ1) is 20.5. The van der Waals surface area contributed by atoms with E-state index < -0.39 is 9.85 Å². The molecule has 0 radical (unpaired) electrons. The van der Waals surface area contributed by atoms with E-state index in [-0.39, 0.29) is 28.5 Å². The van der Waals surface area contributed by atoms with Crippen molar-refractivity contribution < 1.29 is 19.7 Å². The fraction of sp³-hybridized carbons (Fsp3) is 0.0455. The number of hydrogen-bond acceptors (Lipinski definition) is 7. The highest BCUT2D eigenvalue weighted by molar-refractivity contribution is 5.85. The number of aromatic amines is 1. The normalized spacial score (nSPS) is 10.7. The quantitative estimate of drug-likeness (QED) is 0.324. The molecule has 1 heterocycles. The van der Waals surface area contributed by atoms with Crippen LogP contribution in [0.4, 0.5) is 11.4 Å². The summed E-state index contributed by atoms with van der Waals surface area (Å²) >= 11 is 0. The van der Waals surface area contributed by atoms with Crippen LogP contribution in [-0.2, 0) is 0 Å². The zero-order valence-corrected chi connectivity index (χ0v) is 16.7. The summed E-state index contributed by atoms with van der Waals surface area (Å²) in [5, 5.41) is 32.9. The van der Waals surface area contributed by atoms with Crippen molar-refractivity contribution in [1.82, 2.24) is 9.97 Å². The first-order chi connectivity index (χ1) is 15.4. The van der Waals surface area contributed by atoms with Gasteiger partial charge in [-0.1, -0.05) is 30.3 Å². The molecule has 32 heavy (non-hydrogen) atoms. The van der Waals surface area contributed by atoms with Crippen LogP contribution in [0.2, 0.25) is 0 Å². The molecule has 4 rings (SSSR count). The fourth-order valence-corrected chi connectivity index (χ4v) is 3.33. The lowest BCUT2D eigenvalue weighted by molar-refractivity contribution is -0.385. The molecule has 0 aliphatic rings. The Kier molecular flexibility index (Phi) is 5.25. The van der Waals surface area contributed by atoms with Gasteiger partial charge in [0.05, 0.1) is 33.9 Å². The van der Waals surface area contributed by atoms with Gasteiger partial charge in [-0.15, -0.1) is 0 Å². The smallest absolute Gasteiger partial charge is 0.270 e. The first-order valence-corrected chi connectivity index (χ1v) is 9.35. The summed E-state index contributed by atoms with van der Waals surface area (Å²) in [7, 11) is 1.44. The molecule has 0 bridgehead atoms. The molecule has 10 nitrogen and oxygen atoms in total. The van der Waals surface area contributed by atoms with Gasteiger partial charge in [-0.2, -0.15) is 0 Å². The Morgan fingerprint density at radius 1 is 0.906 bits per heavy atom. The van der Waals surface area contributed by atoms with Crippen molar-refractivity contribution in [3.63, 3.8) is 0 Å². The summed E-state index contributed by atoms with van der Waals surface area (Å²) in [5.41, 5.74) is 1.67. The molecule has 0 atom stereocenters. The highest BCUT2D eigenvalue weighted by atomic mass is 16.6. The summed E-state index contributed by atoms with van der Waals surface area (Å²) in [4.78, 5) is 29.1. The molecule has 0 amide bonds. The minimum atomic E-state index is -0.575. The van der Waals surface area contributed by atoms with Crippen LogP contribution in [0.15, 0.2) is 66.7 Å². The van der Waals surface area contributed by atoms with E-state index in [1.165, 1.54) is 43.5 Å². The van der Waals surface area contributed by atoms with Crippen LogP contribution in [0.3, 0.4) is 0 Å². The molecular formula is C22H16N4O6. The first-order valence-electron chi connectivity index (χ1n) is 9.35. The predicted octanol–water partition coefficient (Wildman–Crippen LogP) is 4.94. The third-order valence-electron chi connectivity index (χ3n) is 4.86. The summed E-state index contributed by atoms with van der Waals surface area (Å²) in [6.07, 6.45) is 0. The molecular weight excluding hydrogens is 416 g/mol. The Labute approximate surface area is 181 Å². The van der Waals surface area contributed by atoms with Crippen molar-refractivity contribution in [1.29, 1.82) is 0 Å². The Balaban J connectivity index is 2.00. The van der Waals surface area contributed by atoms with Crippen LogP contribution in [0.5, 0.6) is 11.5 Å². The molecule has 0 saturated carbocycles. The van der Waals surface area contributed by atoms with E-state index in [9.17, 15) is 25.3 Å². The number of H-pyrrole nitrogens is 1. The van der Waals surface area contributed by atoms with Crippen molar-refractivity contribution in [2.24, 2.45) is 0 Å². The number of benzene rings is 3. The number of phenolic OH excluding ortho intramolecular Hbond substituents is 1. The van der Waals surface area contributed by atoms with E-state index in [1.54, 1.807) is 12.1 Å². The molecule has 160 valence electrons. The predicted molar refractivity (Wildman–Crippen MR) is 116 cm³/mol. The highest BCUT2D eigenvalue weighted by Gasteiger charge is 2.23. The Hall–Kier alpha value is -4.73. The Morgan fingerprint density at radius 2 is 1.53 bits per heavy atom. The number of aromatic hydroxyl groups is 1. The lowest BCUT2D eigenvalue weighted by Crippen LogP contribution is -1.94. The number of nitrogens with zero attached hydrogens (tertiary/aromatic N) is 3. The zero-order valence-electron chi connectivity index (χ0n) is 16.7. The average Bonchev–Trinajstić information content (AvgIpc) is 3.24. The summed E-state index contributed by atoms with van der Waals surface area (Å²) < 4.78 is 5.41. The van der Waals surface area contributed by atoms with Gasteiger partial charge < -0.3 is 14.8 Å². The number of ether oxygens (including phenoxy) is 1. The largest absolute Gasteiger partial charge is 0.507 e. The van der Waals surface area contributed by atoms with Gasteiger partial charge in [-0.3, -0.25) is 20.2 Å². The number of nitro groups is 2. The molecule has 1 aromatic heterocycles. The fourth-order valence-electron chi connectivity index (χ4n) is 3.33. The number of imidazole rings is 1. The van der Waals surface area contributed by atoms with Gasteiger partial charge in [0.1, 0.15) is 17.3 Å². The molecule has 4 aromatic rings. The molecule has 0 unspecified atom stereocenters. The molecule has 0 spiro atoms. The third kappa shape index (κ3) is 3.72. The van der Waals surface area contributed by atoms with Crippen molar-refractivity contribution in [2.75, 3.05) is 7.11 Å². The third-order valence-corrected chi connectivity index (χ3v) is 4.86. The number of hydrogen-bond donors (Lipinski definition) is 2. The molecule has 10 heteroatoms. The summed E-state index contributed by atoms with van der Waals surface area (Å²) in [5.74, 6) is 0.321. The van der Waals surface area contributed by atoms with Crippen molar-refractivity contribution in [3.8, 4) is 45.4 Å². The van der Waals surface area contributed by atoms with Crippen LogP contribution in [0.25, 0.3) is 33.9 Å². The maximum atomic E-state index is 11.4. The zero-order chi connectivity index (χ0) is 22.8. The van der Waals surface area contributed by atoms with Gasteiger partial charge in [-0.25, -0.2) is 4.98 Å². The minimum Gasteiger partial charge on any atom is -0.507 e. The SMILES string of the molecule is COc1ccc([N+](=O)[O-])cc1-c1[nH]c(-c2cc([N+](=O)[O-])ccc2O)nc1-c1ccccc1. The number of methoxy groups -OCH3 is 1. The van der Waals surface area contributed by atoms with Crippen LogP contribution in [0.1, 0.15) is 0 Å². The van der Waals surface area contributed by atoms with Crippen molar-refractivity contribution in [3.05, 3.63) is 87.0 Å². The highest BCUT2D eigenvalue weighted by Crippen LogP contribution is 2.41. The second-order valence-corrected chi connectivity index (χ2v) is 6.78. The molecule has 2 N–H and O–H groups in total. The van der Waals surface area contributed by atoms with Gasteiger partial charge in [0.25, 0.3) is 11.4 Å². The van der Waals surface area contributed by atoms with Gasteiger partial charge in [-0.05, 0) is 12.1 Å². The number of nitro benzene ring substituents is 2. The van der Waals surface area contributed by atoms with E-state index in [0.717, 1.165) is 0 Å². The maximum absolute atomic E-state index is 11.4. The van der Waals surface area contributed by atoms with E-state index >= 15 is 0 Å². The van der Waals surface area contributed by atoms with Crippen LogP contribution < -0.4 is 4.74 Å². The standard InChI is InChI=1S/C22H16N4O6/c1-32-19-10-8-15(26(30)31)12-17(19)21-20(13-5-3-2-4-6-13)23-22(24-21)16-11-14(25(28)29)7-9-18(16)27/h2-12,27H,1H3,(H,23,24). The topological polar surface area (TPSA) is 144 Å². The van der Waals surface area contributed by atoms with Crippen molar-refractivity contribution in [2.45, 2.75) is 0 Å². The average molecular weight is 432 g/mol. The van der Waals surface area contributed by atoms with Gasteiger partial charge in [0.2, 0.25) is 0 Å². The van der Waals surface area contributed by atoms with Crippen LogP contribution >= 0.6 is 0 Å². The number of phenols is 1. The van der Waals surface area contributed by atoms with Crippen LogP contribution in [-0.4, -0.2) is 32.0 Å². The molecule has 0 saturated heterocycles. The number of non-ortho nitro benzene ring substituents is 2. The van der Waals surface area contributed by atoms with Gasteiger partial charge in [0, 0.05) is 35.4 Å². The van der Waals surface area contributed by atoms with Gasteiger partial charge >= 0.3 is 0 Å². The van der Waals surface area contributed by atoms with E-state index in [4.69, 9.17) is 4.74 Å². The Morgan fingerprint density at radius 3 is 2.16 bits per heavy atom. The number of aromatic nitrogens is 2. The lowest BCUT2D eigenvalue weighted by atomic mass is 10.0. The van der Waals surface area contributed by atoms with E-state index in [1.807, 2.05) is 18.2 Å². The van der Waals surface area contributed by atoms with E-state index in [0.29, 0.717) is 28.3 Å². The molecule has 0 aliphatic heterocycles. The lowest BCUT2D eigenvalue weighted by Gasteiger charge is -2.09. The summed E-state index contributed by atoms with van der Waals surface area (Å²) in [6.45, 7) is 0. The second-order valence-electron chi connectivity index (χ2n) is 6.78. The number of nitrogens with one attached hydrogen (secondary N) is 1. The second kappa shape index (κ2) is 8.19. The maximum Gasteiger partial charge on any atom is 0.270 e. The summed E-state index contributed by atoms with van der Waals surface area (Å²) in [6, 6.07) is 16.8.